The number of halogens is 1. The van der Waals surface area contributed by atoms with E-state index in [9.17, 15) is 14.9 Å². The van der Waals surface area contributed by atoms with Crippen molar-refractivity contribution in [1.29, 1.82) is 0 Å². The van der Waals surface area contributed by atoms with Crippen LogP contribution >= 0.6 is 11.6 Å². The van der Waals surface area contributed by atoms with Gasteiger partial charge in [-0.15, -0.1) is 0 Å². The first-order valence-corrected chi connectivity index (χ1v) is 6.08. The number of para-hydroxylation sites is 1. The molecule has 0 fully saturated rings. The smallest absolute Gasteiger partial charge is 0.337 e. The van der Waals surface area contributed by atoms with E-state index in [-0.39, 0.29) is 27.9 Å². The lowest BCUT2D eigenvalue weighted by atomic mass is 10.2. The van der Waals surface area contributed by atoms with Gasteiger partial charge in [0.05, 0.1) is 10.5 Å². The highest BCUT2D eigenvalue weighted by molar-refractivity contribution is 6.32. The third-order valence-corrected chi connectivity index (χ3v) is 2.92. The number of hydrogen-bond donors (Lipinski definition) is 1. The maximum atomic E-state index is 11.1. The Balaban J connectivity index is 2.42. The largest absolute Gasteiger partial charge is 0.478 e. The van der Waals surface area contributed by atoms with E-state index in [0.29, 0.717) is 5.56 Å². The number of pyridine rings is 1. The zero-order valence-corrected chi connectivity index (χ0v) is 11.5. The second-order valence-corrected chi connectivity index (χ2v) is 4.50. The molecule has 0 aliphatic carbocycles. The van der Waals surface area contributed by atoms with Crippen LogP contribution in [0, 0.1) is 17.0 Å². The maximum absolute atomic E-state index is 11.1. The van der Waals surface area contributed by atoms with Crippen molar-refractivity contribution in [2.45, 2.75) is 6.92 Å². The van der Waals surface area contributed by atoms with Crippen molar-refractivity contribution in [3.05, 3.63) is 56.7 Å². The first kappa shape index (κ1) is 14.7. The van der Waals surface area contributed by atoms with Crippen molar-refractivity contribution in [3.63, 3.8) is 0 Å². The Morgan fingerprint density at radius 1 is 1.48 bits per heavy atom. The molecule has 1 aromatic heterocycles. The molecule has 2 rings (SSSR count). The highest BCUT2D eigenvalue weighted by Gasteiger charge is 2.20. The molecular formula is C13H9ClN2O5. The van der Waals surface area contributed by atoms with Crippen LogP contribution in [0.15, 0.2) is 30.5 Å². The minimum absolute atomic E-state index is 0.0162. The molecule has 108 valence electrons. The van der Waals surface area contributed by atoms with Crippen LogP contribution in [-0.2, 0) is 0 Å². The summed E-state index contributed by atoms with van der Waals surface area (Å²) in [7, 11) is 0. The summed E-state index contributed by atoms with van der Waals surface area (Å²) in [5.41, 5.74) is 0.125. The molecule has 0 saturated carbocycles. The standard InChI is InChI=1S/C13H9ClN2O5/c1-7-3-2-4-10(11(7)16(19)20)21-12-9(14)5-8(6-15-12)13(17)18/h2-6H,1H3,(H,17,18). The summed E-state index contributed by atoms with van der Waals surface area (Å²) in [6, 6.07) is 5.74. The molecule has 7 nitrogen and oxygen atoms in total. The van der Waals surface area contributed by atoms with Crippen molar-refractivity contribution in [1.82, 2.24) is 4.98 Å². The number of carboxylic acid groups (broad SMARTS) is 1. The van der Waals surface area contributed by atoms with Gasteiger partial charge in [0.2, 0.25) is 11.6 Å². The molecule has 0 unspecified atom stereocenters. The Kier molecular flexibility index (Phi) is 4.04. The molecule has 1 heterocycles. The number of hydrogen-bond acceptors (Lipinski definition) is 5. The van der Waals surface area contributed by atoms with Gasteiger partial charge in [0, 0.05) is 11.8 Å². The number of aromatic carboxylic acids is 1. The second kappa shape index (κ2) is 5.76. The Bertz CT molecular complexity index is 732. The van der Waals surface area contributed by atoms with Crippen LogP contribution in [0.5, 0.6) is 11.6 Å². The van der Waals surface area contributed by atoms with Gasteiger partial charge in [0.1, 0.15) is 5.02 Å². The molecule has 0 aliphatic heterocycles. The van der Waals surface area contributed by atoms with Crippen LogP contribution in [0.25, 0.3) is 0 Å². The molecule has 21 heavy (non-hydrogen) atoms. The average molecular weight is 309 g/mol. The summed E-state index contributed by atoms with van der Waals surface area (Å²) in [6.07, 6.45) is 1.06. The predicted octanol–water partition coefficient (Wildman–Crippen LogP) is 3.44. The number of nitro benzene ring substituents is 1. The van der Waals surface area contributed by atoms with Crippen molar-refractivity contribution in [3.8, 4) is 11.6 Å². The van der Waals surface area contributed by atoms with Gasteiger partial charge in [0.25, 0.3) is 0 Å². The van der Waals surface area contributed by atoms with E-state index in [4.69, 9.17) is 21.4 Å². The Morgan fingerprint density at radius 2 is 2.19 bits per heavy atom. The third-order valence-electron chi connectivity index (χ3n) is 2.64. The van der Waals surface area contributed by atoms with Crippen molar-refractivity contribution in [2.24, 2.45) is 0 Å². The van der Waals surface area contributed by atoms with E-state index in [1.807, 2.05) is 0 Å². The monoisotopic (exact) mass is 308 g/mol. The molecule has 0 bridgehead atoms. The number of aromatic nitrogens is 1. The normalized spacial score (nSPS) is 10.2. The Labute approximate surface area is 123 Å². The van der Waals surface area contributed by atoms with Crippen molar-refractivity contribution >= 4 is 23.3 Å². The fraction of sp³-hybridized carbons (Fsp3) is 0.0769. The average Bonchev–Trinajstić information content (AvgIpc) is 2.40. The fourth-order valence-corrected chi connectivity index (χ4v) is 1.87. The number of rotatable bonds is 4. The van der Waals surface area contributed by atoms with Gasteiger partial charge in [-0.2, -0.15) is 0 Å². The summed E-state index contributed by atoms with van der Waals surface area (Å²) in [4.78, 5) is 25.0. The minimum Gasteiger partial charge on any atom is -0.478 e. The maximum Gasteiger partial charge on any atom is 0.337 e. The van der Waals surface area contributed by atoms with Gasteiger partial charge < -0.3 is 9.84 Å². The van der Waals surface area contributed by atoms with Crippen LogP contribution in [0.3, 0.4) is 0 Å². The van der Waals surface area contributed by atoms with E-state index in [1.165, 1.54) is 6.07 Å². The van der Waals surface area contributed by atoms with E-state index in [2.05, 4.69) is 4.98 Å². The van der Waals surface area contributed by atoms with Crippen LogP contribution in [0.2, 0.25) is 5.02 Å². The van der Waals surface area contributed by atoms with Crippen LogP contribution in [-0.4, -0.2) is 21.0 Å². The van der Waals surface area contributed by atoms with Crippen LogP contribution in [0.4, 0.5) is 5.69 Å². The van der Waals surface area contributed by atoms with Gasteiger partial charge in [-0.25, -0.2) is 9.78 Å². The first-order valence-electron chi connectivity index (χ1n) is 5.71. The summed E-state index contributed by atoms with van der Waals surface area (Å²) >= 11 is 5.87. The predicted molar refractivity (Wildman–Crippen MR) is 74.1 cm³/mol. The number of nitro groups is 1. The lowest BCUT2D eigenvalue weighted by molar-refractivity contribution is -0.386. The quantitative estimate of drug-likeness (QED) is 0.685. The summed E-state index contributed by atoms with van der Waals surface area (Å²) < 4.78 is 5.34. The number of ether oxygens (including phenoxy) is 1. The molecule has 0 atom stereocenters. The molecule has 0 aliphatic rings. The fourth-order valence-electron chi connectivity index (χ4n) is 1.67. The summed E-state index contributed by atoms with van der Waals surface area (Å²) in [5, 5.41) is 19.8. The van der Waals surface area contributed by atoms with E-state index in [1.54, 1.807) is 19.1 Å². The number of carboxylic acids is 1. The highest BCUT2D eigenvalue weighted by Crippen LogP contribution is 2.35. The van der Waals surface area contributed by atoms with Crippen LogP contribution in [0.1, 0.15) is 15.9 Å². The van der Waals surface area contributed by atoms with Gasteiger partial charge in [0.15, 0.2) is 0 Å². The van der Waals surface area contributed by atoms with E-state index >= 15 is 0 Å². The number of benzene rings is 1. The van der Waals surface area contributed by atoms with Gasteiger partial charge in [-0.1, -0.05) is 23.7 Å². The molecule has 2 aromatic rings. The number of aryl methyl sites for hydroxylation is 1. The third kappa shape index (κ3) is 3.09. The molecule has 8 heteroatoms. The van der Waals surface area contributed by atoms with E-state index < -0.39 is 10.9 Å². The number of carbonyl (C=O) groups is 1. The molecule has 0 radical (unpaired) electrons. The second-order valence-electron chi connectivity index (χ2n) is 4.10. The SMILES string of the molecule is Cc1cccc(Oc2ncc(C(=O)O)cc2Cl)c1[N+](=O)[O-]. The van der Waals surface area contributed by atoms with Crippen molar-refractivity contribution in [2.75, 3.05) is 0 Å². The van der Waals surface area contributed by atoms with Gasteiger partial charge in [-0.3, -0.25) is 10.1 Å². The number of nitrogens with zero attached hydrogens (tertiary/aromatic N) is 2. The lowest BCUT2D eigenvalue weighted by Crippen LogP contribution is -2.00. The molecule has 0 amide bonds. The molecule has 1 N–H and O–H groups in total. The molecule has 0 spiro atoms. The van der Waals surface area contributed by atoms with Gasteiger partial charge >= 0.3 is 11.7 Å². The Hall–Kier alpha value is -2.67. The minimum atomic E-state index is -1.18. The highest BCUT2D eigenvalue weighted by atomic mass is 35.5. The first-order chi connectivity index (χ1) is 9.90. The summed E-state index contributed by atoms with van der Waals surface area (Å²) in [6.45, 7) is 1.58. The van der Waals surface area contributed by atoms with Crippen LogP contribution < -0.4 is 4.74 Å². The lowest BCUT2D eigenvalue weighted by Gasteiger charge is -2.08. The molecule has 0 saturated heterocycles. The molecular weight excluding hydrogens is 300 g/mol. The molecule has 1 aromatic carbocycles. The topological polar surface area (TPSA) is 103 Å². The van der Waals surface area contributed by atoms with E-state index in [0.717, 1.165) is 12.3 Å². The summed E-state index contributed by atoms with van der Waals surface area (Å²) in [5.74, 6) is -1.30. The zero-order chi connectivity index (χ0) is 15.6. The van der Waals surface area contributed by atoms with Crippen molar-refractivity contribution < 1.29 is 19.6 Å². The van der Waals surface area contributed by atoms with Gasteiger partial charge in [-0.05, 0) is 19.1 Å². The Morgan fingerprint density at radius 3 is 2.76 bits per heavy atom. The zero-order valence-electron chi connectivity index (χ0n) is 10.7.